The summed E-state index contributed by atoms with van der Waals surface area (Å²) in [5, 5.41) is 19.9. The number of aryl methyl sites for hydroxylation is 1. The summed E-state index contributed by atoms with van der Waals surface area (Å²) in [6, 6.07) is 11.5. The van der Waals surface area contributed by atoms with Gasteiger partial charge in [0.25, 0.3) is 0 Å². The summed E-state index contributed by atoms with van der Waals surface area (Å²) in [6.45, 7) is 2.01. The zero-order valence-corrected chi connectivity index (χ0v) is 24.6. The van der Waals surface area contributed by atoms with Crippen molar-refractivity contribution in [2.45, 2.75) is 37.1 Å². The minimum atomic E-state index is -1.84. The molecule has 15 heteroatoms. The zero-order valence-electron chi connectivity index (χ0n) is 21.4. The van der Waals surface area contributed by atoms with Gasteiger partial charge in [0.15, 0.2) is 17.1 Å². The number of hydrogen-bond acceptors (Lipinski definition) is 10. The molecule has 3 unspecified atom stereocenters. The van der Waals surface area contributed by atoms with E-state index in [9.17, 15) is 23.7 Å². The lowest BCUT2D eigenvalue weighted by Gasteiger charge is -2.43. The van der Waals surface area contributed by atoms with Crippen LogP contribution in [-0.2, 0) is 25.5 Å². The second kappa shape index (κ2) is 13.4. The minimum absolute atomic E-state index is 0. The van der Waals surface area contributed by atoms with Gasteiger partial charge < -0.3 is 19.5 Å². The van der Waals surface area contributed by atoms with Gasteiger partial charge in [-0.2, -0.15) is 0 Å². The first-order valence-electron chi connectivity index (χ1n) is 12.1. The van der Waals surface area contributed by atoms with Gasteiger partial charge in [-0.1, -0.05) is 25.1 Å². The van der Waals surface area contributed by atoms with Gasteiger partial charge in [0.05, 0.1) is 26.9 Å². The SMILES string of the molecule is C.Cc1ccc(S(=O)O)cc1.O=C(O)C1=C(COc2ccc3nc(C4=NC(C(=O)O)CS4)sc3c2)CSC2CC(=O)N12. The van der Waals surface area contributed by atoms with Crippen LogP contribution >= 0.6 is 34.9 Å². The lowest BCUT2D eigenvalue weighted by molar-refractivity contribution is -0.146. The largest absolute Gasteiger partial charge is 0.489 e. The fraction of sp³-hybridized carbons (Fsp3) is 0.296. The Balaban J connectivity index is 0.000000314. The number of carboxylic acid groups (broad SMARTS) is 2. The summed E-state index contributed by atoms with van der Waals surface area (Å²) in [6.07, 6.45) is 0.372. The molecule has 2 aromatic carbocycles. The standard InChI is InChI=1S/C19H15N3O6S3.C7H8O2S.CH4/c23-13-4-14-22(13)15(19(26)27)8(6-29-14)5-28-9-1-2-10-12(3-9)31-17(20-10)16-21-11(7-30-16)18(24)25;1-6-2-4-7(5-3-6)10(8)9;/h1-3,11,14H,4-7H2,(H,24,25)(H,26,27);2-5H,1H3,(H,8,9);1H4. The molecule has 1 aromatic heterocycles. The van der Waals surface area contributed by atoms with E-state index in [0.717, 1.165) is 15.8 Å². The normalized spacial score (nSPS) is 20.0. The molecular weight excluding hydrogens is 623 g/mol. The van der Waals surface area contributed by atoms with Crippen molar-refractivity contribution in [2.75, 3.05) is 18.1 Å². The van der Waals surface area contributed by atoms with E-state index in [1.54, 1.807) is 36.0 Å². The molecule has 11 nitrogen and oxygen atoms in total. The number of β-lactam (4-membered cyclic amide) rings is 1. The first kappa shape index (κ1) is 31.7. The molecule has 0 spiro atoms. The molecule has 0 saturated carbocycles. The van der Waals surface area contributed by atoms with Crippen molar-refractivity contribution in [3.05, 3.63) is 64.3 Å². The fourth-order valence-electron chi connectivity index (χ4n) is 4.12. The van der Waals surface area contributed by atoms with Crippen LogP contribution in [0, 0.1) is 6.92 Å². The lowest BCUT2D eigenvalue weighted by atomic mass is 10.1. The number of aromatic nitrogens is 1. The van der Waals surface area contributed by atoms with E-state index in [1.165, 1.54) is 28.0 Å². The van der Waals surface area contributed by atoms with Crippen LogP contribution < -0.4 is 4.74 Å². The summed E-state index contributed by atoms with van der Waals surface area (Å²) in [5.41, 5.74) is 2.45. The van der Waals surface area contributed by atoms with Crippen LogP contribution in [0.3, 0.4) is 0 Å². The number of amides is 1. The lowest BCUT2D eigenvalue weighted by Crippen LogP contribution is -2.54. The van der Waals surface area contributed by atoms with E-state index in [0.29, 0.717) is 44.2 Å². The molecule has 0 aliphatic carbocycles. The molecule has 1 amide bonds. The van der Waals surface area contributed by atoms with Gasteiger partial charge >= 0.3 is 11.9 Å². The average Bonchev–Trinajstić information content (AvgIpc) is 3.59. The molecule has 0 bridgehead atoms. The first-order chi connectivity index (χ1) is 19.6. The van der Waals surface area contributed by atoms with E-state index in [-0.39, 0.29) is 31.0 Å². The molecular formula is C27H27N3O8S4. The molecule has 3 aromatic rings. The maximum atomic E-state index is 11.8. The van der Waals surface area contributed by atoms with Crippen molar-refractivity contribution < 1.29 is 38.1 Å². The predicted octanol–water partition coefficient (Wildman–Crippen LogP) is 4.48. The van der Waals surface area contributed by atoms with E-state index in [2.05, 4.69) is 9.98 Å². The molecule has 3 N–H and O–H groups in total. The molecule has 1 saturated heterocycles. The van der Waals surface area contributed by atoms with Gasteiger partial charge in [-0.15, -0.1) is 34.9 Å². The number of ether oxygens (including phenoxy) is 1. The predicted molar refractivity (Wildman–Crippen MR) is 165 cm³/mol. The van der Waals surface area contributed by atoms with Crippen molar-refractivity contribution in [1.82, 2.24) is 9.88 Å². The molecule has 6 rings (SSSR count). The summed E-state index contributed by atoms with van der Waals surface area (Å²) in [4.78, 5) is 45.2. The molecule has 42 heavy (non-hydrogen) atoms. The van der Waals surface area contributed by atoms with Crippen molar-refractivity contribution >= 4 is 79.0 Å². The molecule has 3 aliphatic rings. The van der Waals surface area contributed by atoms with Crippen LogP contribution in [-0.4, -0.2) is 81.3 Å². The number of carboxylic acids is 2. The maximum absolute atomic E-state index is 11.8. The monoisotopic (exact) mass is 649 g/mol. The van der Waals surface area contributed by atoms with Crippen molar-refractivity contribution in [3.8, 4) is 5.75 Å². The van der Waals surface area contributed by atoms with Crippen molar-refractivity contribution in [2.24, 2.45) is 4.99 Å². The Labute approximate surface area is 256 Å². The van der Waals surface area contributed by atoms with Crippen molar-refractivity contribution in [3.63, 3.8) is 0 Å². The summed E-state index contributed by atoms with van der Waals surface area (Å²) in [5.74, 6) is -0.774. The second-order valence-corrected chi connectivity index (χ2v) is 13.3. The number of nitrogens with zero attached hydrogens (tertiary/aromatic N) is 3. The highest BCUT2D eigenvalue weighted by Crippen LogP contribution is 2.40. The van der Waals surface area contributed by atoms with Gasteiger partial charge in [0.2, 0.25) is 5.91 Å². The Morgan fingerprint density at radius 1 is 1.17 bits per heavy atom. The Morgan fingerprint density at radius 2 is 1.90 bits per heavy atom. The number of carbonyl (C=O) groups is 3. The molecule has 3 atom stereocenters. The van der Waals surface area contributed by atoms with Crippen LogP contribution in [0.4, 0.5) is 0 Å². The number of rotatable bonds is 7. The minimum Gasteiger partial charge on any atom is -0.489 e. The third kappa shape index (κ3) is 6.86. The number of aliphatic carboxylic acids is 2. The summed E-state index contributed by atoms with van der Waals surface area (Å²) < 4.78 is 25.7. The van der Waals surface area contributed by atoms with Gasteiger partial charge in [0, 0.05) is 17.1 Å². The molecule has 3 aliphatic heterocycles. The Bertz CT molecular complexity index is 1620. The second-order valence-electron chi connectivity index (χ2n) is 9.09. The zero-order chi connectivity index (χ0) is 29.3. The highest BCUT2D eigenvalue weighted by Gasteiger charge is 2.45. The molecule has 222 valence electrons. The Hall–Kier alpha value is -3.24. The van der Waals surface area contributed by atoms with Crippen LogP contribution in [0.2, 0.25) is 0 Å². The van der Waals surface area contributed by atoms with Gasteiger partial charge in [0.1, 0.15) is 28.1 Å². The number of fused-ring (bicyclic) bond motifs is 2. The Kier molecular flexibility index (Phi) is 10.1. The average molecular weight is 650 g/mol. The molecule has 4 heterocycles. The maximum Gasteiger partial charge on any atom is 0.352 e. The number of thioether (sulfide) groups is 2. The first-order valence-corrected chi connectivity index (χ1v) is 16.1. The van der Waals surface area contributed by atoms with Crippen LogP contribution in [0.5, 0.6) is 5.75 Å². The van der Waals surface area contributed by atoms with E-state index in [4.69, 9.17) is 14.4 Å². The summed E-state index contributed by atoms with van der Waals surface area (Å²) in [7, 11) is 0. The fourth-order valence-corrected chi connectivity index (χ4v) is 7.82. The molecule has 1 fully saturated rings. The van der Waals surface area contributed by atoms with E-state index >= 15 is 0 Å². The highest BCUT2D eigenvalue weighted by atomic mass is 32.2. The third-order valence-electron chi connectivity index (χ3n) is 6.25. The van der Waals surface area contributed by atoms with Crippen molar-refractivity contribution in [1.29, 1.82) is 0 Å². The smallest absolute Gasteiger partial charge is 0.352 e. The Morgan fingerprint density at radius 3 is 2.52 bits per heavy atom. The van der Waals surface area contributed by atoms with Crippen LogP contribution in [0.25, 0.3) is 10.2 Å². The number of thiazole rings is 1. The topological polar surface area (TPSA) is 167 Å². The summed E-state index contributed by atoms with van der Waals surface area (Å²) >= 11 is 2.48. The van der Waals surface area contributed by atoms with Gasteiger partial charge in [-0.05, 0) is 37.3 Å². The quantitative estimate of drug-likeness (QED) is 0.244. The van der Waals surface area contributed by atoms with Gasteiger partial charge in [-0.3, -0.25) is 14.7 Å². The number of benzene rings is 2. The third-order valence-corrected chi connectivity index (χ3v) is 10.4. The van der Waals surface area contributed by atoms with Crippen LogP contribution in [0.1, 0.15) is 24.4 Å². The van der Waals surface area contributed by atoms with Crippen LogP contribution in [0.15, 0.2) is 63.6 Å². The highest BCUT2D eigenvalue weighted by molar-refractivity contribution is 8.15. The van der Waals surface area contributed by atoms with Gasteiger partial charge in [-0.25, -0.2) is 18.8 Å². The molecule has 0 radical (unpaired) electrons. The number of hydrogen-bond donors (Lipinski definition) is 3. The van der Waals surface area contributed by atoms with E-state index < -0.39 is 29.1 Å². The number of carbonyl (C=O) groups excluding carboxylic acids is 1. The number of aliphatic imine (C=N–C) groups is 1. The van der Waals surface area contributed by atoms with E-state index in [1.807, 2.05) is 25.1 Å².